The Labute approximate surface area is 170 Å². The van der Waals surface area contributed by atoms with E-state index >= 15 is 0 Å². The molecule has 0 aliphatic carbocycles. The Bertz CT molecular complexity index is 1080. The number of nitrogens with one attached hydrogen (secondary N) is 1. The Kier molecular flexibility index (Phi) is 5.50. The van der Waals surface area contributed by atoms with Crippen LogP contribution in [-0.2, 0) is 5.72 Å². The lowest BCUT2D eigenvalue weighted by molar-refractivity contribution is 0.0585. The third-order valence-corrected chi connectivity index (χ3v) is 4.73. The third kappa shape index (κ3) is 3.89. The summed E-state index contributed by atoms with van der Waals surface area (Å²) < 4.78 is 0. The van der Waals surface area contributed by atoms with Gasteiger partial charge in [-0.1, -0.05) is 42.5 Å². The molecule has 1 heterocycles. The highest BCUT2D eigenvalue weighted by molar-refractivity contribution is 6.05. The maximum Gasteiger partial charge on any atom is 0.191 e. The molecular formula is C23H21N5O. The maximum atomic E-state index is 11.7. The largest absolute Gasteiger partial charge is 0.378 e. The Hall–Kier alpha value is -3.87. The van der Waals surface area contributed by atoms with E-state index in [4.69, 9.17) is 0 Å². The zero-order valence-electron chi connectivity index (χ0n) is 16.5. The number of anilines is 1. The second kappa shape index (κ2) is 8.02. The highest BCUT2D eigenvalue weighted by atomic mass is 16.3. The number of aliphatic hydroxyl groups is 1. The molecule has 0 bridgehead atoms. The second-order valence-electron chi connectivity index (χ2n) is 6.89. The van der Waals surface area contributed by atoms with Crippen molar-refractivity contribution in [2.45, 2.75) is 12.6 Å². The van der Waals surface area contributed by atoms with Crippen LogP contribution in [0.2, 0.25) is 0 Å². The van der Waals surface area contributed by atoms with Gasteiger partial charge in [-0.3, -0.25) is 0 Å². The van der Waals surface area contributed by atoms with E-state index < -0.39 is 5.72 Å². The van der Waals surface area contributed by atoms with Crippen LogP contribution >= 0.6 is 0 Å². The molecule has 0 radical (unpaired) electrons. The molecule has 0 spiro atoms. The summed E-state index contributed by atoms with van der Waals surface area (Å²) in [6, 6.07) is 20.7. The van der Waals surface area contributed by atoms with Gasteiger partial charge in [-0.2, -0.15) is 10.5 Å². The van der Waals surface area contributed by atoms with Crippen LogP contribution in [0, 0.1) is 22.7 Å². The van der Waals surface area contributed by atoms with Crippen molar-refractivity contribution in [3.8, 4) is 12.1 Å². The minimum atomic E-state index is -1.72. The van der Waals surface area contributed by atoms with Crippen LogP contribution in [0.4, 0.5) is 5.69 Å². The molecule has 144 valence electrons. The van der Waals surface area contributed by atoms with Crippen LogP contribution in [0.1, 0.15) is 18.1 Å². The average molecular weight is 383 g/mol. The second-order valence-corrected chi connectivity index (χ2v) is 6.89. The van der Waals surface area contributed by atoms with E-state index in [1.54, 1.807) is 31.2 Å². The van der Waals surface area contributed by atoms with Crippen molar-refractivity contribution >= 4 is 17.5 Å². The van der Waals surface area contributed by atoms with Crippen LogP contribution in [0.15, 0.2) is 76.6 Å². The molecule has 0 aromatic heterocycles. The Morgan fingerprint density at radius 2 is 1.69 bits per heavy atom. The van der Waals surface area contributed by atoms with Gasteiger partial charge in [0.1, 0.15) is 12.1 Å². The van der Waals surface area contributed by atoms with Crippen molar-refractivity contribution in [2.24, 2.45) is 4.99 Å². The quantitative estimate of drug-likeness (QED) is 0.848. The Morgan fingerprint density at radius 1 is 1.03 bits per heavy atom. The first-order chi connectivity index (χ1) is 13.9. The number of nitrogens with zero attached hydrogens (tertiary/aromatic N) is 4. The monoisotopic (exact) mass is 383 g/mol. The van der Waals surface area contributed by atoms with Gasteiger partial charge in [0.15, 0.2) is 17.1 Å². The van der Waals surface area contributed by atoms with Gasteiger partial charge in [0, 0.05) is 36.6 Å². The smallest absolute Gasteiger partial charge is 0.191 e. The average Bonchev–Trinajstić information content (AvgIpc) is 2.84. The predicted octanol–water partition coefficient (Wildman–Crippen LogP) is 3.30. The number of hydrogen-bond acceptors (Lipinski definition) is 6. The molecule has 2 aromatic carbocycles. The van der Waals surface area contributed by atoms with Crippen LogP contribution < -0.4 is 10.2 Å². The van der Waals surface area contributed by atoms with Gasteiger partial charge in [-0.05, 0) is 30.7 Å². The van der Waals surface area contributed by atoms with E-state index in [0.29, 0.717) is 16.8 Å². The summed E-state index contributed by atoms with van der Waals surface area (Å²) >= 11 is 0. The lowest BCUT2D eigenvalue weighted by atomic mass is 9.89. The first-order valence-corrected chi connectivity index (χ1v) is 9.05. The fourth-order valence-electron chi connectivity index (χ4n) is 3.17. The predicted molar refractivity (Wildman–Crippen MR) is 114 cm³/mol. The van der Waals surface area contributed by atoms with Gasteiger partial charge >= 0.3 is 0 Å². The highest BCUT2D eigenvalue weighted by Crippen LogP contribution is 2.33. The molecule has 3 rings (SSSR count). The molecule has 0 amide bonds. The molecular weight excluding hydrogens is 362 g/mol. The van der Waals surface area contributed by atoms with Crippen LogP contribution in [-0.4, -0.2) is 24.9 Å². The highest BCUT2D eigenvalue weighted by Gasteiger charge is 2.38. The van der Waals surface area contributed by atoms with E-state index in [0.717, 1.165) is 11.3 Å². The first kappa shape index (κ1) is 19.9. The minimum absolute atomic E-state index is 0.0642. The number of allylic oxidation sites excluding steroid dienone is 2. The van der Waals surface area contributed by atoms with Gasteiger partial charge < -0.3 is 15.3 Å². The minimum Gasteiger partial charge on any atom is -0.378 e. The number of rotatable bonds is 3. The summed E-state index contributed by atoms with van der Waals surface area (Å²) in [4.78, 5) is 6.30. The summed E-state index contributed by atoms with van der Waals surface area (Å²) in [6.07, 6.45) is 1.81. The third-order valence-electron chi connectivity index (χ3n) is 4.73. The SMILES string of the molecule is CC1=NC(C#N)=C(C#N)NC(O)(c2ccccc2)/C1=C/c1ccc(N(C)C)cc1. The van der Waals surface area contributed by atoms with Gasteiger partial charge in [-0.25, -0.2) is 4.99 Å². The van der Waals surface area contributed by atoms with Crippen LogP contribution in [0.25, 0.3) is 6.08 Å². The molecule has 0 saturated heterocycles. The zero-order valence-corrected chi connectivity index (χ0v) is 16.5. The van der Waals surface area contributed by atoms with Crippen molar-refractivity contribution in [1.29, 1.82) is 10.5 Å². The molecule has 1 atom stereocenters. The summed E-state index contributed by atoms with van der Waals surface area (Å²) in [5.74, 6) is 0. The molecule has 1 aliphatic heterocycles. The van der Waals surface area contributed by atoms with Gasteiger partial charge in [-0.15, -0.1) is 0 Å². The van der Waals surface area contributed by atoms with Crippen molar-refractivity contribution in [3.05, 3.63) is 82.7 Å². The Balaban J connectivity index is 2.21. The molecule has 2 N–H and O–H groups in total. The topological polar surface area (TPSA) is 95.4 Å². The normalized spacial score (nSPS) is 20.2. The molecule has 0 saturated carbocycles. The van der Waals surface area contributed by atoms with E-state index in [-0.39, 0.29) is 11.4 Å². The number of aliphatic imine (C=N–C) groups is 1. The maximum absolute atomic E-state index is 11.7. The standard InChI is InChI=1S/C23H21N5O/c1-16-20(13-17-9-11-19(12-10-17)28(2)3)23(29,18-7-5-4-6-8-18)27-22(15-25)21(14-24)26-16/h4-13,27,29H,1-3H3/b20-13+. The number of benzene rings is 2. The van der Waals surface area contributed by atoms with Crippen molar-refractivity contribution in [3.63, 3.8) is 0 Å². The first-order valence-electron chi connectivity index (χ1n) is 9.05. The summed E-state index contributed by atoms with van der Waals surface area (Å²) in [6.45, 7) is 1.72. The van der Waals surface area contributed by atoms with Gasteiger partial charge in [0.25, 0.3) is 0 Å². The van der Waals surface area contributed by atoms with Gasteiger partial charge in [0.05, 0.1) is 0 Å². The fourth-order valence-corrected chi connectivity index (χ4v) is 3.17. The van der Waals surface area contributed by atoms with E-state index in [1.807, 2.05) is 67.5 Å². The van der Waals surface area contributed by atoms with E-state index in [2.05, 4.69) is 10.3 Å². The molecule has 2 aromatic rings. The molecule has 6 heteroatoms. The zero-order chi connectivity index (χ0) is 21.0. The molecule has 6 nitrogen and oxygen atoms in total. The molecule has 29 heavy (non-hydrogen) atoms. The van der Waals surface area contributed by atoms with Crippen LogP contribution in [0.5, 0.6) is 0 Å². The number of nitriles is 2. The Morgan fingerprint density at radius 3 is 2.24 bits per heavy atom. The van der Waals surface area contributed by atoms with E-state index in [1.165, 1.54) is 0 Å². The van der Waals surface area contributed by atoms with E-state index in [9.17, 15) is 15.6 Å². The lowest BCUT2D eigenvalue weighted by Crippen LogP contribution is -2.44. The summed E-state index contributed by atoms with van der Waals surface area (Å²) in [5, 5.41) is 33.5. The summed E-state index contributed by atoms with van der Waals surface area (Å²) in [7, 11) is 3.93. The number of hydrogen-bond donors (Lipinski definition) is 2. The molecule has 1 aliphatic rings. The summed E-state index contributed by atoms with van der Waals surface area (Å²) in [5.41, 5.74) is 1.48. The molecule has 0 fully saturated rings. The fraction of sp³-hybridized carbons (Fsp3) is 0.174. The molecule has 1 unspecified atom stereocenters. The van der Waals surface area contributed by atoms with Crippen molar-refractivity contribution < 1.29 is 5.11 Å². The van der Waals surface area contributed by atoms with Gasteiger partial charge in [0.2, 0.25) is 0 Å². The lowest BCUT2D eigenvalue weighted by Gasteiger charge is -2.31. The van der Waals surface area contributed by atoms with Crippen molar-refractivity contribution in [1.82, 2.24) is 5.32 Å². The van der Waals surface area contributed by atoms with Crippen LogP contribution in [0.3, 0.4) is 0 Å². The van der Waals surface area contributed by atoms with Crippen molar-refractivity contribution in [2.75, 3.05) is 19.0 Å².